The average Bonchev–Trinajstić information content (AvgIpc) is 2.24. The van der Waals surface area contributed by atoms with E-state index in [0.717, 1.165) is 12.8 Å². The van der Waals surface area contributed by atoms with Gasteiger partial charge in [-0.2, -0.15) is 0 Å². The predicted molar refractivity (Wildman–Crippen MR) is 34.8 cm³/mol. The summed E-state index contributed by atoms with van der Waals surface area (Å²) in [7, 11) is 0. The van der Waals surface area contributed by atoms with Crippen LogP contribution >= 0.6 is 0 Å². The van der Waals surface area contributed by atoms with Gasteiger partial charge in [0.2, 0.25) is 0 Å². The van der Waals surface area contributed by atoms with E-state index in [9.17, 15) is 5.11 Å². The normalized spacial score (nSPS) is 56.7. The first-order valence-corrected chi connectivity index (χ1v) is 3.71. The minimum atomic E-state index is -0.0187. The van der Waals surface area contributed by atoms with Gasteiger partial charge in [-0.05, 0) is 31.1 Å². The Balaban J connectivity index is 2.10. The Labute approximate surface area is 55.1 Å². The van der Waals surface area contributed by atoms with Crippen LogP contribution in [0.15, 0.2) is 0 Å². The molecule has 0 unspecified atom stereocenters. The molecule has 3 N–H and O–H groups in total. The molecule has 9 heavy (non-hydrogen) atoms. The lowest BCUT2D eigenvalue weighted by molar-refractivity contribution is 0.108. The van der Waals surface area contributed by atoms with Crippen LogP contribution in [0, 0.1) is 11.8 Å². The van der Waals surface area contributed by atoms with Gasteiger partial charge in [-0.15, -0.1) is 0 Å². The Morgan fingerprint density at radius 2 is 1.89 bits per heavy atom. The van der Waals surface area contributed by atoms with Crippen LogP contribution in [0.5, 0.6) is 0 Å². The van der Waals surface area contributed by atoms with Gasteiger partial charge in [-0.25, -0.2) is 0 Å². The van der Waals surface area contributed by atoms with Gasteiger partial charge in [0.1, 0.15) is 0 Å². The Hall–Kier alpha value is -0.0800. The molecule has 2 fully saturated rings. The maximum absolute atomic E-state index is 9.28. The zero-order chi connectivity index (χ0) is 6.43. The standard InChI is InChI=1S/C7H13NO/c8-6-2-5-1-4(6)3-7(5)9/h4-7,9H,1-3,8H2/t4-,5+,6-,7+/m0/s1. The molecule has 0 aromatic rings. The summed E-state index contributed by atoms with van der Waals surface area (Å²) in [5.41, 5.74) is 5.77. The number of nitrogens with two attached hydrogens (primary N) is 1. The molecule has 0 aromatic carbocycles. The SMILES string of the molecule is N[C@H]1C[C@H]2C[C@H]1C[C@H]2O. The van der Waals surface area contributed by atoms with Crippen LogP contribution in [-0.4, -0.2) is 17.3 Å². The first-order chi connectivity index (χ1) is 4.27. The molecule has 4 atom stereocenters. The summed E-state index contributed by atoms with van der Waals surface area (Å²) in [5.74, 6) is 1.19. The molecule has 0 aliphatic heterocycles. The average molecular weight is 127 g/mol. The van der Waals surface area contributed by atoms with Crippen LogP contribution in [0.2, 0.25) is 0 Å². The number of aliphatic hydroxyl groups excluding tert-OH is 1. The number of rotatable bonds is 0. The van der Waals surface area contributed by atoms with Gasteiger partial charge in [-0.1, -0.05) is 0 Å². The van der Waals surface area contributed by atoms with Crippen LogP contribution in [-0.2, 0) is 0 Å². The highest BCUT2D eigenvalue weighted by Crippen LogP contribution is 2.43. The summed E-state index contributed by atoms with van der Waals surface area (Å²) in [4.78, 5) is 0. The molecule has 0 aromatic heterocycles. The third-order valence-electron chi connectivity index (χ3n) is 2.87. The third kappa shape index (κ3) is 0.700. The highest BCUT2D eigenvalue weighted by Gasteiger charge is 2.43. The summed E-state index contributed by atoms with van der Waals surface area (Å²) in [6.07, 6.45) is 3.19. The second kappa shape index (κ2) is 1.70. The maximum atomic E-state index is 9.28. The van der Waals surface area contributed by atoms with E-state index in [4.69, 9.17) is 5.73 Å². The van der Waals surface area contributed by atoms with E-state index in [2.05, 4.69) is 0 Å². The summed E-state index contributed by atoms with van der Waals surface area (Å²) in [5, 5.41) is 9.28. The summed E-state index contributed by atoms with van der Waals surface area (Å²) >= 11 is 0. The van der Waals surface area contributed by atoms with Crippen molar-refractivity contribution < 1.29 is 5.11 Å². The molecular formula is C7H13NO. The van der Waals surface area contributed by atoms with Crippen molar-refractivity contribution in [3.63, 3.8) is 0 Å². The van der Waals surface area contributed by atoms with Crippen molar-refractivity contribution in [3.05, 3.63) is 0 Å². The van der Waals surface area contributed by atoms with E-state index >= 15 is 0 Å². The second-order valence-corrected chi connectivity index (χ2v) is 3.46. The van der Waals surface area contributed by atoms with Gasteiger partial charge < -0.3 is 10.8 Å². The molecule has 2 rings (SSSR count). The fraction of sp³-hybridized carbons (Fsp3) is 1.00. The van der Waals surface area contributed by atoms with E-state index in [0.29, 0.717) is 17.9 Å². The van der Waals surface area contributed by atoms with Gasteiger partial charge in [0.25, 0.3) is 0 Å². The highest BCUT2D eigenvalue weighted by molar-refractivity contribution is 4.97. The molecule has 0 spiro atoms. The first-order valence-electron chi connectivity index (χ1n) is 3.71. The number of fused-ring (bicyclic) bond motifs is 2. The minimum Gasteiger partial charge on any atom is -0.393 e. The van der Waals surface area contributed by atoms with Gasteiger partial charge in [0.05, 0.1) is 6.10 Å². The van der Waals surface area contributed by atoms with Crippen LogP contribution in [0.1, 0.15) is 19.3 Å². The maximum Gasteiger partial charge on any atom is 0.0572 e. The number of aliphatic hydroxyl groups is 1. The lowest BCUT2D eigenvalue weighted by Gasteiger charge is -2.20. The molecule has 0 saturated heterocycles. The van der Waals surface area contributed by atoms with Crippen LogP contribution in [0.4, 0.5) is 0 Å². The van der Waals surface area contributed by atoms with Crippen molar-refractivity contribution in [2.45, 2.75) is 31.4 Å². The molecule has 52 valence electrons. The van der Waals surface area contributed by atoms with Gasteiger partial charge in [0, 0.05) is 6.04 Å². The number of hydrogen-bond acceptors (Lipinski definition) is 2. The van der Waals surface area contributed by atoms with Gasteiger partial charge >= 0.3 is 0 Å². The molecule has 2 nitrogen and oxygen atoms in total. The Morgan fingerprint density at radius 1 is 1.11 bits per heavy atom. The van der Waals surface area contributed by atoms with E-state index in [-0.39, 0.29) is 6.10 Å². The largest absolute Gasteiger partial charge is 0.393 e. The fourth-order valence-electron chi connectivity index (χ4n) is 2.29. The van der Waals surface area contributed by atoms with Crippen LogP contribution in [0.3, 0.4) is 0 Å². The van der Waals surface area contributed by atoms with Crippen molar-refractivity contribution in [2.24, 2.45) is 17.6 Å². The fourth-order valence-corrected chi connectivity index (χ4v) is 2.29. The second-order valence-electron chi connectivity index (χ2n) is 3.46. The molecule has 0 heterocycles. The molecule has 2 aliphatic carbocycles. The van der Waals surface area contributed by atoms with Crippen molar-refractivity contribution >= 4 is 0 Å². The first kappa shape index (κ1) is 5.69. The predicted octanol–water partition coefficient (Wildman–Crippen LogP) is 0.104. The van der Waals surface area contributed by atoms with Crippen LogP contribution < -0.4 is 5.73 Å². The Morgan fingerprint density at radius 3 is 2.22 bits per heavy atom. The monoisotopic (exact) mass is 127 g/mol. The summed E-state index contributed by atoms with van der Waals surface area (Å²) < 4.78 is 0. The molecule has 0 amide bonds. The molecule has 2 heteroatoms. The summed E-state index contributed by atoms with van der Waals surface area (Å²) in [6.45, 7) is 0. The van der Waals surface area contributed by atoms with Crippen molar-refractivity contribution in [2.75, 3.05) is 0 Å². The zero-order valence-electron chi connectivity index (χ0n) is 5.46. The lowest BCUT2D eigenvalue weighted by Crippen LogP contribution is -2.31. The molecule has 0 radical (unpaired) electrons. The van der Waals surface area contributed by atoms with Crippen molar-refractivity contribution in [1.82, 2.24) is 0 Å². The highest BCUT2D eigenvalue weighted by atomic mass is 16.3. The zero-order valence-corrected chi connectivity index (χ0v) is 5.46. The minimum absolute atomic E-state index is 0.0187. The third-order valence-corrected chi connectivity index (χ3v) is 2.87. The van der Waals surface area contributed by atoms with Crippen molar-refractivity contribution in [1.29, 1.82) is 0 Å². The Kier molecular flexibility index (Phi) is 1.08. The van der Waals surface area contributed by atoms with Gasteiger partial charge in [-0.3, -0.25) is 0 Å². The molecular weight excluding hydrogens is 114 g/mol. The smallest absolute Gasteiger partial charge is 0.0572 e. The molecule has 2 aliphatic rings. The van der Waals surface area contributed by atoms with Gasteiger partial charge in [0.15, 0.2) is 0 Å². The van der Waals surface area contributed by atoms with E-state index in [1.165, 1.54) is 6.42 Å². The number of hydrogen-bond donors (Lipinski definition) is 2. The van der Waals surface area contributed by atoms with Crippen LogP contribution in [0.25, 0.3) is 0 Å². The molecule has 2 saturated carbocycles. The summed E-state index contributed by atoms with van der Waals surface area (Å²) in [6, 6.07) is 0.401. The quantitative estimate of drug-likeness (QED) is 0.485. The van der Waals surface area contributed by atoms with E-state index in [1.807, 2.05) is 0 Å². The van der Waals surface area contributed by atoms with E-state index in [1.54, 1.807) is 0 Å². The molecule has 2 bridgehead atoms. The Bertz CT molecular complexity index is 108. The van der Waals surface area contributed by atoms with Crippen molar-refractivity contribution in [3.8, 4) is 0 Å². The topological polar surface area (TPSA) is 46.2 Å². The lowest BCUT2D eigenvalue weighted by atomic mass is 9.94. The van der Waals surface area contributed by atoms with E-state index < -0.39 is 0 Å².